The second kappa shape index (κ2) is 9.18. The molecule has 29 heavy (non-hydrogen) atoms. The van der Waals surface area contributed by atoms with Crippen LogP contribution in [0.3, 0.4) is 0 Å². The summed E-state index contributed by atoms with van der Waals surface area (Å²) in [6, 6.07) is 12.1. The first kappa shape index (κ1) is 21.0. The molecule has 0 atom stereocenters. The highest BCUT2D eigenvalue weighted by Gasteiger charge is 2.33. The summed E-state index contributed by atoms with van der Waals surface area (Å²) in [5.41, 5.74) is 1.30. The lowest BCUT2D eigenvalue weighted by Crippen LogP contribution is -2.27. The zero-order valence-corrected chi connectivity index (χ0v) is 17.9. The first-order valence-electron chi connectivity index (χ1n) is 8.27. The van der Waals surface area contributed by atoms with Crippen molar-refractivity contribution in [3.8, 4) is 23.3 Å². The number of hydrogen-bond donors (Lipinski definition) is 0. The van der Waals surface area contributed by atoms with Gasteiger partial charge >= 0.3 is 0 Å². The minimum atomic E-state index is -0.245. The van der Waals surface area contributed by atoms with Crippen LogP contribution in [-0.4, -0.2) is 31.1 Å². The van der Waals surface area contributed by atoms with Gasteiger partial charge < -0.3 is 14.2 Å². The van der Waals surface area contributed by atoms with Gasteiger partial charge in [-0.25, -0.2) is 0 Å². The summed E-state index contributed by atoms with van der Waals surface area (Å²) in [6.45, 7) is -0.0845. The third-order valence-corrected chi connectivity index (χ3v) is 5.56. The molecule has 0 aliphatic carbocycles. The number of thioether (sulfide) groups is 1. The van der Waals surface area contributed by atoms with Gasteiger partial charge in [-0.2, -0.15) is 5.26 Å². The van der Waals surface area contributed by atoms with Gasteiger partial charge in [-0.05, 0) is 42.0 Å². The van der Waals surface area contributed by atoms with Crippen molar-refractivity contribution in [3.63, 3.8) is 0 Å². The lowest BCUT2D eigenvalue weighted by Gasteiger charge is -2.15. The standard InChI is InChI=1S/C20H15ClN2O4S2/c1-25-15-6-4-13(11-14(15)21)23-19(24)18(29-20(23)28)10-12-3-5-16(27-8-7-22)17(9-12)26-2/h3-6,9-11H,8H2,1-2H3/b18-10-. The van der Waals surface area contributed by atoms with Crippen molar-refractivity contribution in [1.82, 2.24) is 0 Å². The van der Waals surface area contributed by atoms with Crippen LogP contribution < -0.4 is 19.1 Å². The molecule has 0 aromatic heterocycles. The molecule has 1 aliphatic rings. The van der Waals surface area contributed by atoms with E-state index in [1.165, 1.54) is 30.9 Å². The van der Waals surface area contributed by atoms with E-state index in [1.54, 1.807) is 42.5 Å². The van der Waals surface area contributed by atoms with E-state index in [1.807, 2.05) is 6.07 Å². The summed E-state index contributed by atoms with van der Waals surface area (Å²) in [7, 11) is 3.03. The number of ether oxygens (including phenoxy) is 3. The van der Waals surface area contributed by atoms with Gasteiger partial charge in [0.05, 0.1) is 29.8 Å². The topological polar surface area (TPSA) is 71.8 Å². The van der Waals surface area contributed by atoms with Crippen molar-refractivity contribution in [2.45, 2.75) is 0 Å². The molecule has 6 nitrogen and oxygen atoms in total. The molecule has 0 saturated carbocycles. The van der Waals surface area contributed by atoms with Crippen LogP contribution in [-0.2, 0) is 4.79 Å². The number of carbonyl (C=O) groups is 1. The number of nitriles is 1. The van der Waals surface area contributed by atoms with Crippen LogP contribution in [0.5, 0.6) is 17.2 Å². The van der Waals surface area contributed by atoms with Crippen molar-refractivity contribution in [2.24, 2.45) is 0 Å². The lowest BCUT2D eigenvalue weighted by atomic mass is 10.2. The molecule has 9 heteroatoms. The fourth-order valence-electron chi connectivity index (χ4n) is 2.64. The number of benzene rings is 2. The second-order valence-electron chi connectivity index (χ2n) is 5.69. The number of carbonyl (C=O) groups excluding carboxylic acids is 1. The maximum Gasteiger partial charge on any atom is 0.270 e. The third-order valence-electron chi connectivity index (χ3n) is 3.96. The highest BCUT2D eigenvalue weighted by molar-refractivity contribution is 8.27. The molecule has 0 radical (unpaired) electrons. The Morgan fingerprint density at radius 2 is 1.90 bits per heavy atom. The predicted octanol–water partition coefficient (Wildman–Crippen LogP) is 4.67. The van der Waals surface area contributed by atoms with E-state index in [9.17, 15) is 4.79 Å². The Morgan fingerprint density at radius 1 is 1.17 bits per heavy atom. The molecule has 1 fully saturated rings. The minimum Gasteiger partial charge on any atom is -0.495 e. The SMILES string of the molecule is COc1ccc(N2C(=O)/C(=C/c3ccc(OCC#N)c(OC)c3)SC2=S)cc1Cl. The Bertz CT molecular complexity index is 1050. The maximum atomic E-state index is 12.9. The van der Waals surface area contributed by atoms with Crippen LogP contribution in [0.25, 0.3) is 6.08 Å². The van der Waals surface area contributed by atoms with Crippen molar-refractivity contribution >= 4 is 57.6 Å². The molecular formula is C20H15ClN2O4S2. The van der Waals surface area contributed by atoms with E-state index >= 15 is 0 Å². The summed E-state index contributed by atoms with van der Waals surface area (Å²) in [5, 5.41) is 9.05. The number of anilines is 1. The van der Waals surface area contributed by atoms with Crippen LogP contribution in [0.4, 0.5) is 5.69 Å². The molecular weight excluding hydrogens is 432 g/mol. The van der Waals surface area contributed by atoms with E-state index in [0.717, 1.165) is 5.56 Å². The Morgan fingerprint density at radius 3 is 2.55 bits per heavy atom. The first-order chi connectivity index (χ1) is 14.0. The first-order valence-corrected chi connectivity index (χ1v) is 9.88. The molecule has 0 bridgehead atoms. The van der Waals surface area contributed by atoms with Gasteiger partial charge in [-0.1, -0.05) is 41.6 Å². The second-order valence-corrected chi connectivity index (χ2v) is 7.78. The van der Waals surface area contributed by atoms with E-state index in [2.05, 4.69) is 0 Å². The molecule has 0 unspecified atom stereocenters. The molecule has 1 heterocycles. The summed E-state index contributed by atoms with van der Waals surface area (Å²) in [4.78, 5) is 14.8. The normalized spacial score (nSPS) is 14.8. The van der Waals surface area contributed by atoms with Gasteiger partial charge in [0, 0.05) is 0 Å². The average Bonchev–Trinajstić information content (AvgIpc) is 2.99. The van der Waals surface area contributed by atoms with Gasteiger partial charge in [-0.3, -0.25) is 9.69 Å². The molecule has 2 aromatic carbocycles. The number of thiocarbonyl (C=S) groups is 1. The van der Waals surface area contributed by atoms with Gasteiger partial charge in [0.25, 0.3) is 5.91 Å². The molecule has 1 amide bonds. The fourth-order valence-corrected chi connectivity index (χ4v) is 4.19. The zero-order chi connectivity index (χ0) is 21.0. The molecule has 0 spiro atoms. The average molecular weight is 447 g/mol. The molecule has 1 saturated heterocycles. The Kier molecular flexibility index (Phi) is 6.64. The summed E-state index contributed by atoms with van der Waals surface area (Å²) < 4.78 is 16.2. The summed E-state index contributed by atoms with van der Waals surface area (Å²) in [5.74, 6) is 1.19. The zero-order valence-electron chi connectivity index (χ0n) is 15.5. The fraction of sp³-hybridized carbons (Fsp3) is 0.150. The summed E-state index contributed by atoms with van der Waals surface area (Å²) >= 11 is 12.8. The molecule has 2 aromatic rings. The Labute approximate surface area is 182 Å². The number of hydrogen-bond acceptors (Lipinski definition) is 7. The number of amides is 1. The minimum absolute atomic E-state index is 0.0845. The van der Waals surface area contributed by atoms with Crippen LogP contribution in [0, 0.1) is 11.3 Å². The van der Waals surface area contributed by atoms with Crippen LogP contribution in [0.2, 0.25) is 5.02 Å². The van der Waals surface area contributed by atoms with E-state index in [-0.39, 0.29) is 12.5 Å². The quantitative estimate of drug-likeness (QED) is 0.471. The van der Waals surface area contributed by atoms with E-state index < -0.39 is 0 Å². The predicted molar refractivity (Wildman–Crippen MR) is 118 cm³/mol. The van der Waals surface area contributed by atoms with Crippen molar-refractivity contribution < 1.29 is 19.0 Å². The Hall–Kier alpha value is -2.73. The van der Waals surface area contributed by atoms with E-state index in [0.29, 0.717) is 37.2 Å². The van der Waals surface area contributed by atoms with Gasteiger partial charge in [-0.15, -0.1) is 0 Å². The van der Waals surface area contributed by atoms with Crippen LogP contribution in [0.15, 0.2) is 41.3 Å². The van der Waals surface area contributed by atoms with Crippen LogP contribution >= 0.6 is 35.6 Å². The number of methoxy groups -OCH3 is 2. The van der Waals surface area contributed by atoms with Crippen molar-refractivity contribution in [2.75, 3.05) is 25.7 Å². The molecule has 1 aliphatic heterocycles. The highest BCUT2D eigenvalue weighted by Crippen LogP contribution is 2.39. The van der Waals surface area contributed by atoms with Gasteiger partial charge in [0.15, 0.2) is 22.4 Å². The molecule has 148 valence electrons. The number of nitrogens with zero attached hydrogens (tertiary/aromatic N) is 2. The maximum absolute atomic E-state index is 12.9. The number of halogens is 1. The molecule has 3 rings (SSSR count). The van der Waals surface area contributed by atoms with Gasteiger partial charge in [0.1, 0.15) is 11.8 Å². The Balaban J connectivity index is 1.88. The van der Waals surface area contributed by atoms with Crippen molar-refractivity contribution in [1.29, 1.82) is 5.26 Å². The van der Waals surface area contributed by atoms with Crippen LogP contribution in [0.1, 0.15) is 5.56 Å². The van der Waals surface area contributed by atoms with Gasteiger partial charge in [0.2, 0.25) is 0 Å². The third kappa shape index (κ3) is 4.48. The smallest absolute Gasteiger partial charge is 0.270 e. The lowest BCUT2D eigenvalue weighted by molar-refractivity contribution is -0.113. The monoisotopic (exact) mass is 446 g/mol. The summed E-state index contributed by atoms with van der Waals surface area (Å²) in [6.07, 6.45) is 1.72. The van der Waals surface area contributed by atoms with E-state index in [4.69, 9.17) is 43.3 Å². The molecule has 0 N–H and O–H groups in total. The number of rotatable bonds is 6. The van der Waals surface area contributed by atoms with Crippen molar-refractivity contribution in [3.05, 3.63) is 51.9 Å². The largest absolute Gasteiger partial charge is 0.495 e. The highest BCUT2D eigenvalue weighted by atomic mass is 35.5.